The first-order valence-electron chi connectivity index (χ1n) is 7.58. The minimum Gasteiger partial charge on any atom is -0.454 e. The lowest BCUT2D eigenvalue weighted by molar-refractivity contribution is -0.139. The Morgan fingerprint density at radius 2 is 1.70 bits per heavy atom. The summed E-state index contributed by atoms with van der Waals surface area (Å²) < 4.78 is 10.5. The standard InChI is InChI=1S/C17H15NO5/c19-13(10-5-6-14-15(7-10)23-9-22-14)8-18-16(20)11-3-1-2-4-12(11)17(18)21/h1-2,5-7,11-12H,3-4,8-9H2. The number of carbonyl (C=O) groups excluding carboxylic acids is 3. The van der Waals surface area contributed by atoms with Crippen molar-refractivity contribution in [2.24, 2.45) is 11.8 Å². The van der Waals surface area contributed by atoms with E-state index in [-0.39, 0.29) is 42.8 Å². The Kier molecular flexibility index (Phi) is 3.18. The predicted molar refractivity (Wildman–Crippen MR) is 79.0 cm³/mol. The van der Waals surface area contributed by atoms with Gasteiger partial charge >= 0.3 is 0 Å². The van der Waals surface area contributed by atoms with Crippen LogP contribution in [-0.4, -0.2) is 35.8 Å². The number of rotatable bonds is 3. The summed E-state index contributed by atoms with van der Waals surface area (Å²) >= 11 is 0. The van der Waals surface area contributed by atoms with Crippen LogP contribution < -0.4 is 9.47 Å². The highest BCUT2D eigenvalue weighted by atomic mass is 16.7. The summed E-state index contributed by atoms with van der Waals surface area (Å²) in [5, 5.41) is 0. The molecule has 6 heteroatoms. The molecule has 1 aliphatic carbocycles. The maximum Gasteiger partial charge on any atom is 0.233 e. The summed E-state index contributed by atoms with van der Waals surface area (Å²) in [5.41, 5.74) is 0.405. The van der Waals surface area contributed by atoms with Gasteiger partial charge in [0.2, 0.25) is 18.6 Å². The summed E-state index contributed by atoms with van der Waals surface area (Å²) in [6, 6.07) is 4.87. The van der Waals surface area contributed by atoms with Gasteiger partial charge in [-0.2, -0.15) is 0 Å². The number of Topliss-reactive ketones (excluding diaryl/α,β-unsaturated/α-hetero) is 1. The molecular weight excluding hydrogens is 298 g/mol. The third-order valence-electron chi connectivity index (χ3n) is 4.60. The molecule has 2 unspecified atom stereocenters. The third-order valence-corrected chi connectivity index (χ3v) is 4.60. The second-order valence-corrected chi connectivity index (χ2v) is 5.91. The van der Waals surface area contributed by atoms with Gasteiger partial charge in [-0.3, -0.25) is 19.3 Å². The number of likely N-dealkylation sites (tertiary alicyclic amines) is 1. The van der Waals surface area contributed by atoms with Gasteiger partial charge in [0.15, 0.2) is 17.3 Å². The molecule has 4 rings (SSSR count). The lowest BCUT2D eigenvalue weighted by atomic mass is 9.85. The molecule has 118 valence electrons. The van der Waals surface area contributed by atoms with Gasteiger partial charge in [0, 0.05) is 5.56 Å². The van der Waals surface area contributed by atoms with Crippen molar-refractivity contribution in [3.8, 4) is 11.5 Å². The average molecular weight is 313 g/mol. The number of allylic oxidation sites excluding steroid dienone is 2. The first-order valence-corrected chi connectivity index (χ1v) is 7.58. The van der Waals surface area contributed by atoms with Gasteiger partial charge in [0.25, 0.3) is 0 Å². The summed E-state index contributed by atoms with van der Waals surface area (Å²) in [4.78, 5) is 38.3. The van der Waals surface area contributed by atoms with Gasteiger partial charge in [-0.15, -0.1) is 0 Å². The van der Waals surface area contributed by atoms with Crippen LogP contribution in [0.4, 0.5) is 0 Å². The zero-order chi connectivity index (χ0) is 16.0. The molecule has 1 fully saturated rings. The molecule has 2 amide bonds. The molecule has 0 aromatic heterocycles. The molecule has 0 N–H and O–H groups in total. The van der Waals surface area contributed by atoms with Crippen LogP contribution in [0.15, 0.2) is 30.4 Å². The summed E-state index contributed by atoms with van der Waals surface area (Å²) in [6.45, 7) is -0.0866. The molecule has 1 aromatic rings. The number of ketones is 1. The number of fused-ring (bicyclic) bond motifs is 2. The Morgan fingerprint density at radius 1 is 1.04 bits per heavy atom. The molecule has 0 radical (unpaired) electrons. The molecule has 0 spiro atoms. The topological polar surface area (TPSA) is 72.9 Å². The zero-order valence-electron chi connectivity index (χ0n) is 12.4. The van der Waals surface area contributed by atoms with Crippen LogP contribution in [0, 0.1) is 11.8 Å². The van der Waals surface area contributed by atoms with E-state index in [4.69, 9.17) is 9.47 Å². The first-order chi connectivity index (χ1) is 11.1. The first kappa shape index (κ1) is 14.0. The van der Waals surface area contributed by atoms with E-state index in [2.05, 4.69) is 0 Å². The Bertz CT molecular complexity index is 712. The molecule has 6 nitrogen and oxygen atoms in total. The van der Waals surface area contributed by atoms with Gasteiger partial charge < -0.3 is 9.47 Å². The smallest absolute Gasteiger partial charge is 0.233 e. The third kappa shape index (κ3) is 2.21. The van der Waals surface area contributed by atoms with E-state index in [1.807, 2.05) is 12.2 Å². The van der Waals surface area contributed by atoms with Crippen molar-refractivity contribution in [1.29, 1.82) is 0 Å². The monoisotopic (exact) mass is 313 g/mol. The minimum atomic E-state index is -0.308. The molecule has 2 heterocycles. The zero-order valence-corrected chi connectivity index (χ0v) is 12.4. The van der Waals surface area contributed by atoms with E-state index in [1.165, 1.54) is 0 Å². The predicted octanol–water partition coefficient (Wildman–Crippen LogP) is 1.55. The van der Waals surface area contributed by atoms with Crippen LogP contribution in [0.2, 0.25) is 0 Å². The molecule has 2 atom stereocenters. The van der Waals surface area contributed by atoms with Crippen LogP contribution in [0.3, 0.4) is 0 Å². The van der Waals surface area contributed by atoms with Crippen molar-refractivity contribution in [3.05, 3.63) is 35.9 Å². The van der Waals surface area contributed by atoms with Gasteiger partial charge in [-0.05, 0) is 31.0 Å². The van der Waals surface area contributed by atoms with Crippen LogP contribution in [0.5, 0.6) is 11.5 Å². The number of hydrogen-bond donors (Lipinski definition) is 0. The fraction of sp³-hybridized carbons (Fsp3) is 0.353. The lowest BCUT2D eigenvalue weighted by Gasteiger charge is -2.14. The average Bonchev–Trinajstić information content (AvgIpc) is 3.13. The van der Waals surface area contributed by atoms with Gasteiger partial charge in [-0.1, -0.05) is 12.2 Å². The Morgan fingerprint density at radius 3 is 2.39 bits per heavy atom. The van der Waals surface area contributed by atoms with E-state index in [1.54, 1.807) is 18.2 Å². The summed E-state index contributed by atoms with van der Waals surface area (Å²) in [5.74, 6) is -0.276. The molecule has 2 aliphatic heterocycles. The van der Waals surface area contributed by atoms with Crippen molar-refractivity contribution >= 4 is 17.6 Å². The van der Waals surface area contributed by atoms with Crippen LogP contribution in [-0.2, 0) is 9.59 Å². The van der Waals surface area contributed by atoms with E-state index in [0.29, 0.717) is 29.9 Å². The van der Waals surface area contributed by atoms with Crippen molar-refractivity contribution in [2.45, 2.75) is 12.8 Å². The van der Waals surface area contributed by atoms with E-state index >= 15 is 0 Å². The summed E-state index contributed by atoms with van der Waals surface area (Å²) in [7, 11) is 0. The Hall–Kier alpha value is -2.63. The molecule has 0 saturated carbocycles. The number of amides is 2. The van der Waals surface area contributed by atoms with Gasteiger partial charge in [0.05, 0.1) is 18.4 Å². The van der Waals surface area contributed by atoms with Crippen LogP contribution in [0.25, 0.3) is 0 Å². The molecule has 1 aromatic carbocycles. The number of nitrogens with zero attached hydrogens (tertiary/aromatic N) is 1. The second-order valence-electron chi connectivity index (χ2n) is 5.91. The number of benzene rings is 1. The number of imide groups is 1. The van der Waals surface area contributed by atoms with Crippen LogP contribution >= 0.6 is 0 Å². The molecular formula is C17H15NO5. The number of hydrogen-bond acceptors (Lipinski definition) is 5. The fourth-order valence-electron chi connectivity index (χ4n) is 3.33. The largest absolute Gasteiger partial charge is 0.454 e. The van der Waals surface area contributed by atoms with E-state index in [0.717, 1.165) is 4.90 Å². The Balaban J connectivity index is 1.53. The maximum atomic E-state index is 12.4. The highest BCUT2D eigenvalue weighted by molar-refractivity contribution is 6.10. The number of carbonyl (C=O) groups is 3. The molecule has 1 saturated heterocycles. The molecule has 3 aliphatic rings. The quantitative estimate of drug-likeness (QED) is 0.481. The normalized spacial score (nSPS) is 25.0. The highest BCUT2D eigenvalue weighted by Crippen LogP contribution is 2.36. The molecule has 23 heavy (non-hydrogen) atoms. The number of ether oxygens (including phenoxy) is 2. The van der Waals surface area contributed by atoms with Crippen molar-refractivity contribution in [2.75, 3.05) is 13.3 Å². The maximum absolute atomic E-state index is 12.4. The second kappa shape index (κ2) is 5.22. The van der Waals surface area contributed by atoms with Crippen molar-refractivity contribution in [3.63, 3.8) is 0 Å². The summed E-state index contributed by atoms with van der Waals surface area (Å²) in [6.07, 6.45) is 5.00. The highest BCUT2D eigenvalue weighted by Gasteiger charge is 2.47. The van der Waals surface area contributed by atoms with Gasteiger partial charge in [-0.25, -0.2) is 0 Å². The van der Waals surface area contributed by atoms with Gasteiger partial charge in [0.1, 0.15) is 0 Å². The lowest BCUT2D eigenvalue weighted by Crippen LogP contribution is -2.36. The fourth-order valence-corrected chi connectivity index (χ4v) is 3.33. The van der Waals surface area contributed by atoms with E-state index in [9.17, 15) is 14.4 Å². The Labute approximate surface area is 132 Å². The van der Waals surface area contributed by atoms with Crippen molar-refractivity contribution in [1.82, 2.24) is 4.90 Å². The van der Waals surface area contributed by atoms with Crippen molar-refractivity contribution < 1.29 is 23.9 Å². The molecule has 0 bridgehead atoms. The van der Waals surface area contributed by atoms with E-state index < -0.39 is 0 Å². The SMILES string of the molecule is O=C(CN1C(=O)C2CC=CCC2C1=O)c1ccc2c(c1)OCO2. The minimum absolute atomic E-state index is 0.131. The van der Waals surface area contributed by atoms with Crippen LogP contribution in [0.1, 0.15) is 23.2 Å².